The lowest BCUT2D eigenvalue weighted by Gasteiger charge is -2.19. The topological polar surface area (TPSA) is 17.1 Å². The summed E-state index contributed by atoms with van der Waals surface area (Å²) in [5.41, 5.74) is 4.77. The fourth-order valence-electron chi connectivity index (χ4n) is 3.33. The predicted octanol–water partition coefficient (Wildman–Crippen LogP) is 4.69. The van der Waals surface area contributed by atoms with Crippen LogP contribution in [0.1, 0.15) is 52.2 Å². The van der Waals surface area contributed by atoms with Gasteiger partial charge in [-0.3, -0.25) is 4.79 Å². The van der Waals surface area contributed by atoms with E-state index in [0.29, 0.717) is 0 Å². The quantitative estimate of drug-likeness (QED) is 0.568. The number of Topliss-reactive ketones (excluding diaryl/α,β-unsaturated/α-hetero) is 1. The van der Waals surface area contributed by atoms with Gasteiger partial charge >= 0.3 is 0 Å². The molecule has 2 aromatic carbocycles. The van der Waals surface area contributed by atoms with Gasteiger partial charge in [-0.2, -0.15) is 0 Å². The summed E-state index contributed by atoms with van der Waals surface area (Å²) in [4.78, 5) is 12.9. The van der Waals surface area contributed by atoms with Gasteiger partial charge in [0.25, 0.3) is 0 Å². The summed E-state index contributed by atoms with van der Waals surface area (Å²) in [6, 6.07) is 16.2. The van der Waals surface area contributed by atoms with E-state index in [1.54, 1.807) is 0 Å². The zero-order valence-corrected chi connectivity index (χ0v) is 11.9. The van der Waals surface area contributed by atoms with E-state index in [1.807, 2.05) is 30.3 Å². The highest BCUT2D eigenvalue weighted by atomic mass is 16.1. The fraction of sp³-hybridized carbons (Fsp3) is 0.316. The molecule has 1 nitrogen and oxygen atoms in total. The summed E-state index contributed by atoms with van der Waals surface area (Å²) < 4.78 is 0. The van der Waals surface area contributed by atoms with Gasteiger partial charge in [-0.25, -0.2) is 0 Å². The van der Waals surface area contributed by atoms with E-state index in [9.17, 15) is 4.79 Å². The highest BCUT2D eigenvalue weighted by Gasteiger charge is 2.27. The number of rotatable bonds is 2. The van der Waals surface area contributed by atoms with Gasteiger partial charge in [0.15, 0.2) is 5.78 Å². The lowest BCUT2D eigenvalue weighted by atomic mass is 9.84. The molecule has 1 aliphatic carbocycles. The lowest BCUT2D eigenvalue weighted by molar-refractivity contribution is 0.0954. The van der Waals surface area contributed by atoms with E-state index >= 15 is 0 Å². The molecular formula is C19H20O. The molecule has 3 rings (SSSR count). The summed E-state index contributed by atoms with van der Waals surface area (Å²) in [5, 5.41) is 0. The van der Waals surface area contributed by atoms with Crippen LogP contribution >= 0.6 is 0 Å². The van der Waals surface area contributed by atoms with Gasteiger partial charge in [-0.15, -0.1) is 0 Å². The van der Waals surface area contributed by atoms with Gasteiger partial charge in [-0.1, -0.05) is 55.0 Å². The minimum atomic E-state index is 0.0381. The molecule has 0 heterocycles. The van der Waals surface area contributed by atoms with Crippen molar-refractivity contribution in [1.29, 1.82) is 0 Å². The number of hydrogen-bond donors (Lipinski definition) is 0. The number of ketones is 1. The summed E-state index contributed by atoms with van der Waals surface area (Å²) >= 11 is 0. The number of carbonyl (C=O) groups is 1. The first kappa shape index (κ1) is 13.1. The molecule has 0 fully saturated rings. The molecule has 0 radical (unpaired) electrons. The molecule has 102 valence electrons. The zero-order chi connectivity index (χ0) is 13.9. The van der Waals surface area contributed by atoms with Crippen LogP contribution in [-0.4, -0.2) is 5.78 Å². The SMILES string of the molecule is Cc1cccc2c1C(C(=O)c1ccccc1)CCCC2. The Bertz CT molecular complexity index is 613. The van der Waals surface area contributed by atoms with Gasteiger partial charge < -0.3 is 0 Å². The van der Waals surface area contributed by atoms with Crippen molar-refractivity contribution in [3.05, 3.63) is 70.8 Å². The number of fused-ring (bicyclic) bond motifs is 1. The number of hydrogen-bond acceptors (Lipinski definition) is 1. The van der Waals surface area contributed by atoms with Gasteiger partial charge in [0.05, 0.1) is 0 Å². The Labute approximate surface area is 120 Å². The standard InChI is InChI=1S/C19H20O/c1-14-8-7-12-15-9-5-6-13-17(18(14)15)19(20)16-10-3-2-4-11-16/h2-4,7-8,10-12,17H,5-6,9,13H2,1H3. The third-order valence-corrected chi connectivity index (χ3v) is 4.33. The van der Waals surface area contributed by atoms with Crippen molar-refractivity contribution in [3.8, 4) is 0 Å². The molecule has 20 heavy (non-hydrogen) atoms. The molecule has 2 aromatic rings. The van der Waals surface area contributed by atoms with Crippen LogP contribution in [-0.2, 0) is 6.42 Å². The fourth-order valence-corrected chi connectivity index (χ4v) is 3.33. The van der Waals surface area contributed by atoms with E-state index in [-0.39, 0.29) is 11.7 Å². The monoisotopic (exact) mass is 264 g/mol. The van der Waals surface area contributed by atoms with Crippen LogP contribution in [0.5, 0.6) is 0 Å². The van der Waals surface area contributed by atoms with Gasteiger partial charge in [0, 0.05) is 11.5 Å². The Hall–Kier alpha value is -1.89. The molecule has 0 aromatic heterocycles. The number of carbonyl (C=O) groups excluding carboxylic acids is 1. The largest absolute Gasteiger partial charge is 0.293 e. The Morgan fingerprint density at radius 1 is 1.00 bits per heavy atom. The lowest BCUT2D eigenvalue weighted by Crippen LogP contribution is -2.14. The van der Waals surface area contributed by atoms with Crippen molar-refractivity contribution in [1.82, 2.24) is 0 Å². The first-order chi connectivity index (χ1) is 9.77. The average molecular weight is 264 g/mol. The highest BCUT2D eigenvalue weighted by molar-refractivity contribution is 6.01. The molecule has 1 atom stereocenters. The van der Waals surface area contributed by atoms with Crippen LogP contribution in [0, 0.1) is 6.92 Å². The van der Waals surface area contributed by atoms with Crippen LogP contribution in [0.2, 0.25) is 0 Å². The molecule has 0 aliphatic heterocycles. The van der Waals surface area contributed by atoms with Crippen LogP contribution in [0.4, 0.5) is 0 Å². The van der Waals surface area contributed by atoms with Gasteiger partial charge in [0.2, 0.25) is 0 Å². The van der Waals surface area contributed by atoms with Crippen molar-refractivity contribution < 1.29 is 4.79 Å². The second-order valence-corrected chi connectivity index (χ2v) is 5.68. The number of benzene rings is 2. The molecule has 1 heteroatoms. The molecule has 0 amide bonds. The van der Waals surface area contributed by atoms with Crippen molar-refractivity contribution in [2.24, 2.45) is 0 Å². The molecule has 0 saturated heterocycles. The highest BCUT2D eigenvalue weighted by Crippen LogP contribution is 2.35. The minimum absolute atomic E-state index is 0.0381. The third kappa shape index (κ3) is 2.40. The van der Waals surface area contributed by atoms with E-state index in [4.69, 9.17) is 0 Å². The van der Waals surface area contributed by atoms with Crippen LogP contribution < -0.4 is 0 Å². The Morgan fingerprint density at radius 3 is 2.60 bits per heavy atom. The van der Waals surface area contributed by atoms with Crippen LogP contribution in [0.15, 0.2) is 48.5 Å². The molecule has 0 saturated carbocycles. The van der Waals surface area contributed by atoms with Gasteiger partial charge in [0.1, 0.15) is 0 Å². The number of aryl methyl sites for hydroxylation is 2. The Morgan fingerprint density at radius 2 is 1.80 bits per heavy atom. The van der Waals surface area contributed by atoms with Crippen molar-refractivity contribution in [2.75, 3.05) is 0 Å². The molecule has 1 unspecified atom stereocenters. The van der Waals surface area contributed by atoms with Crippen molar-refractivity contribution >= 4 is 5.78 Å². The maximum Gasteiger partial charge on any atom is 0.170 e. The van der Waals surface area contributed by atoms with E-state index in [1.165, 1.54) is 23.1 Å². The van der Waals surface area contributed by atoms with E-state index < -0.39 is 0 Å². The normalized spacial score (nSPS) is 18.1. The third-order valence-electron chi connectivity index (χ3n) is 4.33. The molecule has 0 N–H and O–H groups in total. The zero-order valence-electron chi connectivity index (χ0n) is 11.9. The maximum absolute atomic E-state index is 12.9. The average Bonchev–Trinajstić information content (AvgIpc) is 2.71. The summed E-state index contributed by atoms with van der Waals surface area (Å²) in [7, 11) is 0. The minimum Gasteiger partial charge on any atom is -0.293 e. The van der Waals surface area contributed by atoms with Crippen molar-refractivity contribution in [3.63, 3.8) is 0 Å². The van der Waals surface area contributed by atoms with E-state index in [2.05, 4.69) is 25.1 Å². The predicted molar refractivity (Wildman–Crippen MR) is 82.2 cm³/mol. The summed E-state index contributed by atoms with van der Waals surface area (Å²) in [6.45, 7) is 2.13. The maximum atomic E-state index is 12.9. The molecule has 1 aliphatic rings. The first-order valence-electron chi connectivity index (χ1n) is 7.45. The summed E-state index contributed by atoms with van der Waals surface area (Å²) in [5.74, 6) is 0.319. The second kappa shape index (κ2) is 5.62. The second-order valence-electron chi connectivity index (χ2n) is 5.68. The van der Waals surface area contributed by atoms with Crippen molar-refractivity contribution in [2.45, 2.75) is 38.5 Å². The van der Waals surface area contributed by atoms with E-state index in [0.717, 1.165) is 24.8 Å². The first-order valence-corrected chi connectivity index (χ1v) is 7.45. The Kier molecular flexibility index (Phi) is 3.68. The molecule has 0 spiro atoms. The summed E-state index contributed by atoms with van der Waals surface area (Å²) in [6.07, 6.45) is 4.41. The smallest absolute Gasteiger partial charge is 0.170 e. The van der Waals surface area contributed by atoms with Crippen LogP contribution in [0.3, 0.4) is 0 Å². The molecule has 0 bridgehead atoms. The van der Waals surface area contributed by atoms with Crippen LogP contribution in [0.25, 0.3) is 0 Å². The Balaban J connectivity index is 2.04. The molecular weight excluding hydrogens is 244 g/mol. The van der Waals surface area contributed by atoms with Gasteiger partial charge in [-0.05, 0) is 42.9 Å².